The Kier molecular flexibility index (Phi) is 6.14. The van der Waals surface area contributed by atoms with Gasteiger partial charge < -0.3 is 4.74 Å². The van der Waals surface area contributed by atoms with Gasteiger partial charge in [-0.1, -0.05) is 61.0 Å². The second kappa shape index (κ2) is 8.74. The summed E-state index contributed by atoms with van der Waals surface area (Å²) < 4.78 is 7.76. The Bertz CT molecular complexity index is 1430. The molecule has 7 heteroatoms. The minimum atomic E-state index is -1.42. The quantitative estimate of drug-likeness (QED) is 0.370. The van der Waals surface area contributed by atoms with Crippen LogP contribution < -0.4 is 0 Å². The molecule has 226 valence electrons. The van der Waals surface area contributed by atoms with E-state index in [-0.39, 0.29) is 45.6 Å². The van der Waals surface area contributed by atoms with Crippen LogP contribution >= 0.6 is 0 Å². The molecule has 1 aromatic rings. The fourth-order valence-electron chi connectivity index (χ4n) is 10.7. The molecule has 2 heterocycles. The number of fused-ring (bicyclic) bond motifs is 5. The zero-order chi connectivity index (χ0) is 30.7. The van der Waals surface area contributed by atoms with Gasteiger partial charge in [-0.25, -0.2) is 4.98 Å². The van der Waals surface area contributed by atoms with Gasteiger partial charge >= 0.3 is 0 Å². The Hall–Kier alpha value is -2.59. The van der Waals surface area contributed by atoms with Crippen LogP contribution in [0.15, 0.2) is 30.4 Å². The van der Waals surface area contributed by atoms with E-state index in [9.17, 15) is 19.6 Å². The van der Waals surface area contributed by atoms with Gasteiger partial charge in [-0.05, 0) is 79.1 Å². The first kappa shape index (κ1) is 29.5. The summed E-state index contributed by atoms with van der Waals surface area (Å²) in [6.07, 6.45) is 12.7. The predicted octanol–water partition coefficient (Wildman–Crippen LogP) is 6.73. The largest absolute Gasteiger partial charge is 0.342 e. The van der Waals surface area contributed by atoms with Crippen molar-refractivity contribution in [1.29, 1.82) is 5.26 Å². The first-order valence-electron chi connectivity index (χ1n) is 15.9. The Labute approximate surface area is 250 Å². The molecule has 6 rings (SSSR count). The lowest BCUT2D eigenvalue weighted by Crippen LogP contribution is -2.63. The van der Waals surface area contributed by atoms with E-state index in [1.165, 1.54) is 0 Å². The van der Waals surface area contributed by atoms with Crippen molar-refractivity contribution in [2.75, 3.05) is 0 Å². The summed E-state index contributed by atoms with van der Waals surface area (Å²) in [5.74, 6) is 0.265. The highest BCUT2D eigenvalue weighted by molar-refractivity contribution is 6.00. The molecular weight excluding hydrogens is 526 g/mol. The SMILES string of the molecule is CC1CC(C)(C)CC[C@@]1(CC[C@]1(C)CC(=O)C=C2[C@@]3(C)[C@H]4O[C@@]4(C#N)C(=O)C(C)(C)[C@@H]3CC[C@]21C)C(=O)n1ccnc1. The number of allylic oxidation sites excluding steroid dienone is 1. The van der Waals surface area contributed by atoms with E-state index in [2.05, 4.69) is 52.6 Å². The van der Waals surface area contributed by atoms with Crippen LogP contribution in [0.3, 0.4) is 0 Å². The Morgan fingerprint density at radius 2 is 1.81 bits per heavy atom. The number of hydrogen-bond acceptors (Lipinski definition) is 6. The highest BCUT2D eigenvalue weighted by Gasteiger charge is 2.81. The molecule has 0 radical (unpaired) electrons. The van der Waals surface area contributed by atoms with Gasteiger partial charge in [-0.15, -0.1) is 0 Å². The number of ether oxygens (including phenoxy) is 1. The van der Waals surface area contributed by atoms with Crippen molar-refractivity contribution in [3.63, 3.8) is 0 Å². The molecular formula is C35H47N3O4. The highest BCUT2D eigenvalue weighted by Crippen LogP contribution is 2.74. The maximum atomic E-state index is 14.2. The molecule has 4 fully saturated rings. The summed E-state index contributed by atoms with van der Waals surface area (Å²) in [6.45, 7) is 17.4. The maximum absolute atomic E-state index is 14.2. The van der Waals surface area contributed by atoms with Gasteiger partial charge in [0.15, 0.2) is 11.6 Å². The minimum absolute atomic E-state index is 0.0179. The number of Topliss-reactive ketones (excluding diaryl/α,β-unsaturated/α-hetero) is 1. The average molecular weight is 574 g/mol. The predicted molar refractivity (Wildman–Crippen MR) is 158 cm³/mol. The molecule has 1 aliphatic heterocycles. The molecule has 0 aromatic carbocycles. The zero-order valence-corrected chi connectivity index (χ0v) is 26.7. The number of carbonyl (C=O) groups excluding carboxylic acids is 3. The molecule has 7 nitrogen and oxygen atoms in total. The van der Waals surface area contributed by atoms with Gasteiger partial charge in [-0.3, -0.25) is 19.0 Å². The van der Waals surface area contributed by atoms with E-state index in [1.807, 2.05) is 19.9 Å². The second-order valence-corrected chi connectivity index (χ2v) is 16.6. The van der Waals surface area contributed by atoms with Crippen molar-refractivity contribution < 1.29 is 19.1 Å². The van der Waals surface area contributed by atoms with Crippen LogP contribution in [0.25, 0.3) is 0 Å². The number of hydrogen-bond donors (Lipinski definition) is 0. The van der Waals surface area contributed by atoms with Gasteiger partial charge in [-0.2, -0.15) is 5.26 Å². The monoisotopic (exact) mass is 573 g/mol. The molecule has 1 aromatic heterocycles. The van der Waals surface area contributed by atoms with E-state index >= 15 is 0 Å². The number of rotatable bonds is 4. The second-order valence-electron chi connectivity index (χ2n) is 16.6. The summed E-state index contributed by atoms with van der Waals surface area (Å²) in [4.78, 5) is 45.6. The third kappa shape index (κ3) is 3.60. The third-order valence-corrected chi connectivity index (χ3v) is 13.5. The molecule has 0 amide bonds. The van der Waals surface area contributed by atoms with Gasteiger partial charge in [0.1, 0.15) is 18.5 Å². The van der Waals surface area contributed by atoms with Crippen LogP contribution in [-0.4, -0.2) is 38.7 Å². The molecule has 0 spiro atoms. The van der Waals surface area contributed by atoms with E-state index in [0.717, 1.165) is 44.1 Å². The lowest BCUT2D eigenvalue weighted by Gasteiger charge is -2.63. The number of nitrogens with zero attached hydrogens (tertiary/aromatic N) is 3. The summed E-state index contributed by atoms with van der Waals surface area (Å²) in [6, 6.07) is 2.24. The van der Waals surface area contributed by atoms with Crippen LogP contribution in [0.5, 0.6) is 0 Å². The molecule has 1 saturated heterocycles. The highest BCUT2D eigenvalue weighted by atomic mass is 16.6. The minimum Gasteiger partial charge on any atom is -0.342 e. The van der Waals surface area contributed by atoms with Gasteiger partial charge in [0.2, 0.25) is 11.5 Å². The van der Waals surface area contributed by atoms with Crippen molar-refractivity contribution in [3.8, 4) is 6.07 Å². The standard InChI is InChI=1S/C35H47N3O4/c1-22-18-29(2,3)11-13-34(22,28(41)38-16-15-37-21-38)14-12-31(6)19-23(39)17-25-32(31,7)10-9-24-30(4,5)26(40)35(20-36)27(42-35)33(24,25)8/h15-17,21-22,24,27H,9-14,18-19H2,1-8H3/t22?,24-,27+,31+,32+,33-,34-,35-/m0/s1. The van der Waals surface area contributed by atoms with Crippen molar-refractivity contribution in [1.82, 2.24) is 9.55 Å². The van der Waals surface area contributed by atoms with Gasteiger partial charge in [0.25, 0.3) is 0 Å². The van der Waals surface area contributed by atoms with Crippen LogP contribution in [0, 0.1) is 55.7 Å². The van der Waals surface area contributed by atoms with Crippen LogP contribution in [0.4, 0.5) is 0 Å². The normalized spacial score (nSPS) is 45.1. The van der Waals surface area contributed by atoms with Crippen molar-refractivity contribution in [2.24, 2.45) is 44.3 Å². The molecule has 5 aliphatic rings. The van der Waals surface area contributed by atoms with Crippen molar-refractivity contribution in [2.45, 2.75) is 118 Å². The molecule has 4 aliphatic carbocycles. The van der Waals surface area contributed by atoms with E-state index in [4.69, 9.17) is 4.74 Å². The number of carbonyl (C=O) groups is 3. The number of ketones is 2. The molecule has 0 N–H and O–H groups in total. The maximum Gasteiger partial charge on any atom is 0.240 e. The fraction of sp³-hybridized carbons (Fsp3) is 0.743. The van der Waals surface area contributed by atoms with E-state index in [1.54, 1.807) is 23.3 Å². The molecule has 0 bridgehead atoms. The Balaban J connectivity index is 1.38. The number of aromatic nitrogens is 2. The van der Waals surface area contributed by atoms with E-state index < -0.39 is 27.9 Å². The first-order valence-corrected chi connectivity index (χ1v) is 15.9. The van der Waals surface area contributed by atoms with Gasteiger partial charge in [0, 0.05) is 29.6 Å². The number of nitriles is 1. The molecule has 8 atom stereocenters. The first-order chi connectivity index (χ1) is 19.4. The third-order valence-electron chi connectivity index (χ3n) is 13.5. The molecule has 42 heavy (non-hydrogen) atoms. The molecule has 1 unspecified atom stereocenters. The lowest BCUT2D eigenvalue weighted by molar-refractivity contribution is -0.143. The number of epoxide rings is 1. The van der Waals surface area contributed by atoms with Crippen LogP contribution in [0.2, 0.25) is 0 Å². The molecule has 3 saturated carbocycles. The Morgan fingerprint density at radius 3 is 2.43 bits per heavy atom. The zero-order valence-electron chi connectivity index (χ0n) is 26.7. The smallest absolute Gasteiger partial charge is 0.240 e. The lowest BCUT2D eigenvalue weighted by atomic mass is 9.38. The van der Waals surface area contributed by atoms with Gasteiger partial charge in [0.05, 0.1) is 5.41 Å². The summed E-state index contributed by atoms with van der Waals surface area (Å²) >= 11 is 0. The summed E-state index contributed by atoms with van der Waals surface area (Å²) in [5, 5.41) is 10.1. The fourth-order valence-corrected chi connectivity index (χ4v) is 10.7. The Morgan fingerprint density at radius 1 is 1.10 bits per heavy atom. The topological polar surface area (TPSA) is 105 Å². The summed E-state index contributed by atoms with van der Waals surface area (Å²) in [5.41, 5.74) is -2.75. The van der Waals surface area contributed by atoms with Crippen LogP contribution in [0.1, 0.15) is 112 Å². The number of imidazole rings is 1. The van der Waals surface area contributed by atoms with Crippen molar-refractivity contribution in [3.05, 3.63) is 30.4 Å². The summed E-state index contributed by atoms with van der Waals surface area (Å²) in [7, 11) is 0. The van der Waals surface area contributed by atoms with Crippen molar-refractivity contribution >= 4 is 17.5 Å². The van der Waals surface area contributed by atoms with Crippen LogP contribution in [-0.2, 0) is 14.3 Å². The van der Waals surface area contributed by atoms with E-state index in [0.29, 0.717) is 12.8 Å². The average Bonchev–Trinajstić information content (AvgIpc) is 3.43.